The zero-order valence-electron chi connectivity index (χ0n) is 18.2. The molecule has 0 aliphatic carbocycles. The second-order valence-corrected chi connectivity index (χ2v) is 8.96. The Kier molecular flexibility index (Phi) is 4.24. The number of carbonyl (C=O) groups excluding carboxylic acids is 2. The normalized spacial score (nSPS) is 24.5. The van der Waals surface area contributed by atoms with Crippen molar-refractivity contribution in [2.24, 2.45) is 5.92 Å². The number of anilines is 2. The molecule has 6 rings (SSSR count). The van der Waals surface area contributed by atoms with Crippen molar-refractivity contribution in [3.63, 3.8) is 0 Å². The number of benzene rings is 3. The zero-order chi connectivity index (χ0) is 22.0. The number of fused-ring (bicyclic) bond motifs is 5. The second kappa shape index (κ2) is 7.04. The van der Waals surface area contributed by atoms with Gasteiger partial charge in [0, 0.05) is 6.54 Å². The largest absolute Gasteiger partial charge is 0.292 e. The lowest BCUT2D eigenvalue weighted by atomic mass is 9.85. The molecular weight excluding hydrogens is 398 g/mol. The van der Waals surface area contributed by atoms with E-state index in [1.807, 2.05) is 68.4 Å². The van der Waals surface area contributed by atoms with Gasteiger partial charge < -0.3 is 0 Å². The van der Waals surface area contributed by atoms with Crippen LogP contribution in [0.5, 0.6) is 0 Å². The Labute approximate surface area is 187 Å². The molecule has 0 unspecified atom stereocenters. The topological polar surface area (TPSA) is 43.9 Å². The molecule has 160 valence electrons. The van der Waals surface area contributed by atoms with Crippen LogP contribution in [0.15, 0.2) is 72.8 Å². The third kappa shape index (κ3) is 2.55. The Morgan fingerprint density at radius 2 is 1.44 bits per heavy atom. The lowest BCUT2D eigenvalue weighted by Crippen LogP contribution is -2.50. The van der Waals surface area contributed by atoms with Crippen molar-refractivity contribution in [3.8, 4) is 0 Å². The zero-order valence-corrected chi connectivity index (χ0v) is 18.2. The van der Waals surface area contributed by atoms with E-state index in [-0.39, 0.29) is 17.9 Å². The van der Waals surface area contributed by atoms with Crippen LogP contribution in [0.3, 0.4) is 0 Å². The van der Waals surface area contributed by atoms with Crippen LogP contribution in [-0.4, -0.2) is 29.4 Å². The highest BCUT2D eigenvalue weighted by atomic mass is 16.2. The summed E-state index contributed by atoms with van der Waals surface area (Å²) in [6.45, 7) is 4.72. The van der Waals surface area contributed by atoms with Crippen LogP contribution in [0.4, 0.5) is 11.4 Å². The van der Waals surface area contributed by atoms with E-state index in [0.29, 0.717) is 0 Å². The van der Waals surface area contributed by atoms with Gasteiger partial charge in [0.2, 0.25) is 5.91 Å². The summed E-state index contributed by atoms with van der Waals surface area (Å²) in [7, 11) is 0. The quantitative estimate of drug-likeness (QED) is 0.580. The SMILES string of the molecule is Cc1cccc(C)c1N1C(=O)[C@H]2[C@@H]3c4ccccc4CCN3N(c3ccccc3)[C@H]2C1=O. The minimum absolute atomic E-state index is 0.0949. The fourth-order valence-corrected chi connectivity index (χ4v) is 5.88. The standard InChI is InChI=1S/C27H25N3O2/c1-17-9-8-10-18(2)23(17)29-26(31)22-24-21-14-7-6-11-19(21)15-16-28(24)30(25(22)27(29)32)20-12-4-3-5-13-20/h3-14,22,24-25H,15-16H2,1-2H3/t22-,24-,25+/m0/s1. The van der Waals surface area contributed by atoms with E-state index < -0.39 is 12.0 Å². The molecule has 3 heterocycles. The first-order chi connectivity index (χ1) is 15.6. The van der Waals surface area contributed by atoms with Crippen molar-refractivity contribution in [1.29, 1.82) is 0 Å². The number of amides is 2. The molecule has 2 saturated heterocycles. The molecule has 5 nitrogen and oxygen atoms in total. The number of nitrogens with zero attached hydrogens (tertiary/aromatic N) is 3. The lowest BCUT2D eigenvalue weighted by molar-refractivity contribution is -0.123. The summed E-state index contributed by atoms with van der Waals surface area (Å²) in [6, 6.07) is 23.6. The number of aryl methyl sites for hydroxylation is 2. The third-order valence-electron chi connectivity index (χ3n) is 7.19. The van der Waals surface area contributed by atoms with Crippen LogP contribution in [0.1, 0.15) is 28.3 Å². The molecule has 32 heavy (non-hydrogen) atoms. The summed E-state index contributed by atoms with van der Waals surface area (Å²) in [5.74, 6) is -0.668. The summed E-state index contributed by atoms with van der Waals surface area (Å²) in [5.41, 5.74) is 6.01. The van der Waals surface area contributed by atoms with E-state index in [2.05, 4.69) is 28.2 Å². The maximum Gasteiger partial charge on any atom is 0.259 e. The average molecular weight is 424 g/mol. The first kappa shape index (κ1) is 19.3. The second-order valence-electron chi connectivity index (χ2n) is 8.96. The molecule has 3 aromatic rings. The van der Waals surface area contributed by atoms with Crippen molar-refractivity contribution in [1.82, 2.24) is 5.01 Å². The van der Waals surface area contributed by atoms with Gasteiger partial charge in [-0.1, -0.05) is 60.7 Å². The van der Waals surface area contributed by atoms with Gasteiger partial charge >= 0.3 is 0 Å². The van der Waals surface area contributed by atoms with Crippen molar-refractivity contribution in [2.45, 2.75) is 32.4 Å². The van der Waals surface area contributed by atoms with Crippen LogP contribution in [0, 0.1) is 19.8 Å². The van der Waals surface area contributed by atoms with Crippen molar-refractivity contribution in [2.75, 3.05) is 16.5 Å². The summed E-state index contributed by atoms with van der Waals surface area (Å²) >= 11 is 0. The van der Waals surface area contributed by atoms with E-state index in [1.54, 1.807) is 0 Å². The van der Waals surface area contributed by atoms with Crippen molar-refractivity contribution >= 4 is 23.2 Å². The Morgan fingerprint density at radius 3 is 2.19 bits per heavy atom. The minimum atomic E-state index is -0.542. The Bertz CT molecular complexity index is 1220. The number of hydrogen-bond acceptors (Lipinski definition) is 4. The number of rotatable bonds is 2. The number of hydrogen-bond donors (Lipinski definition) is 0. The summed E-state index contributed by atoms with van der Waals surface area (Å²) < 4.78 is 0. The van der Waals surface area contributed by atoms with E-state index in [4.69, 9.17) is 0 Å². The molecule has 5 heteroatoms. The summed E-state index contributed by atoms with van der Waals surface area (Å²) in [4.78, 5) is 29.4. The molecule has 2 amide bonds. The van der Waals surface area contributed by atoms with Gasteiger partial charge in [0.05, 0.1) is 23.3 Å². The molecular formula is C27H25N3O2. The van der Waals surface area contributed by atoms with E-state index >= 15 is 0 Å². The van der Waals surface area contributed by atoms with Crippen molar-refractivity contribution < 1.29 is 9.59 Å². The third-order valence-corrected chi connectivity index (χ3v) is 7.19. The van der Waals surface area contributed by atoms with Gasteiger partial charge in [0.25, 0.3) is 5.91 Å². The van der Waals surface area contributed by atoms with Gasteiger partial charge in [0.1, 0.15) is 6.04 Å². The predicted molar refractivity (Wildman–Crippen MR) is 124 cm³/mol. The van der Waals surface area contributed by atoms with Gasteiger partial charge in [-0.05, 0) is 54.7 Å². The molecule has 3 aliphatic heterocycles. The molecule has 3 aliphatic rings. The number of para-hydroxylation sites is 2. The van der Waals surface area contributed by atoms with Gasteiger partial charge in [-0.15, -0.1) is 0 Å². The molecule has 0 bridgehead atoms. The van der Waals surface area contributed by atoms with Crippen LogP contribution in [0.2, 0.25) is 0 Å². The fraction of sp³-hybridized carbons (Fsp3) is 0.259. The Hall–Kier alpha value is -3.44. The number of hydrazine groups is 1. The highest BCUT2D eigenvalue weighted by Gasteiger charge is 2.63. The first-order valence-corrected chi connectivity index (χ1v) is 11.2. The van der Waals surface area contributed by atoms with Crippen LogP contribution in [-0.2, 0) is 16.0 Å². The van der Waals surface area contributed by atoms with Crippen LogP contribution in [0.25, 0.3) is 0 Å². The maximum atomic E-state index is 14.0. The molecule has 3 aromatic carbocycles. The summed E-state index contributed by atoms with van der Waals surface area (Å²) in [5, 5.41) is 4.35. The van der Waals surface area contributed by atoms with Gasteiger partial charge in [-0.25, -0.2) is 9.91 Å². The molecule has 0 aromatic heterocycles. The smallest absolute Gasteiger partial charge is 0.259 e. The molecule has 3 atom stereocenters. The maximum absolute atomic E-state index is 14.0. The van der Waals surface area contributed by atoms with Gasteiger partial charge in [-0.3, -0.25) is 14.6 Å². The molecule has 0 spiro atoms. The molecule has 2 fully saturated rings. The number of imide groups is 1. The fourth-order valence-electron chi connectivity index (χ4n) is 5.88. The Balaban J connectivity index is 1.54. The highest BCUT2D eigenvalue weighted by molar-refractivity contribution is 6.25. The van der Waals surface area contributed by atoms with Gasteiger partial charge in [0.15, 0.2) is 0 Å². The van der Waals surface area contributed by atoms with Crippen LogP contribution >= 0.6 is 0 Å². The van der Waals surface area contributed by atoms with Gasteiger partial charge in [-0.2, -0.15) is 0 Å². The predicted octanol–water partition coefficient (Wildman–Crippen LogP) is 4.20. The average Bonchev–Trinajstić information content (AvgIpc) is 3.28. The first-order valence-electron chi connectivity index (χ1n) is 11.2. The number of carbonyl (C=O) groups is 2. The monoisotopic (exact) mass is 423 g/mol. The van der Waals surface area contributed by atoms with E-state index in [0.717, 1.165) is 41.0 Å². The van der Waals surface area contributed by atoms with E-state index in [9.17, 15) is 9.59 Å². The highest BCUT2D eigenvalue weighted by Crippen LogP contribution is 2.51. The lowest BCUT2D eigenvalue weighted by Gasteiger charge is -2.40. The Morgan fingerprint density at radius 1 is 0.750 bits per heavy atom. The molecule has 0 radical (unpaired) electrons. The molecule has 0 N–H and O–H groups in total. The van der Waals surface area contributed by atoms with E-state index in [1.165, 1.54) is 10.5 Å². The van der Waals surface area contributed by atoms with Crippen LogP contribution < -0.4 is 9.91 Å². The van der Waals surface area contributed by atoms with Crippen molar-refractivity contribution in [3.05, 3.63) is 95.1 Å². The summed E-state index contributed by atoms with van der Waals surface area (Å²) in [6.07, 6.45) is 0.901. The minimum Gasteiger partial charge on any atom is -0.292 e. The molecule has 0 saturated carbocycles.